The number of aromatic hydroxyl groups is 1. The lowest BCUT2D eigenvalue weighted by Crippen LogP contribution is -2.26. The summed E-state index contributed by atoms with van der Waals surface area (Å²) in [5.74, 6) is -0.111. The van der Waals surface area contributed by atoms with E-state index in [2.05, 4.69) is 28.2 Å². The average molecular weight is 316 g/mol. The van der Waals surface area contributed by atoms with Crippen molar-refractivity contribution in [1.29, 1.82) is 0 Å². The Morgan fingerprint density at radius 3 is 2.89 bits per heavy atom. The van der Waals surface area contributed by atoms with Crippen LogP contribution in [0.25, 0.3) is 0 Å². The summed E-state index contributed by atoms with van der Waals surface area (Å²) in [4.78, 5) is 12.3. The van der Waals surface area contributed by atoms with Crippen molar-refractivity contribution in [3.05, 3.63) is 23.8 Å². The predicted molar refractivity (Wildman–Crippen MR) is 74.6 cm³/mol. The molecule has 0 aliphatic rings. The molecule has 4 nitrogen and oxygen atoms in total. The summed E-state index contributed by atoms with van der Waals surface area (Å²) < 4.78 is 4.96. The molecule has 0 aliphatic carbocycles. The fraction of sp³-hybridized carbons (Fsp3) is 0.462. The van der Waals surface area contributed by atoms with E-state index in [1.165, 1.54) is 7.11 Å². The number of hydrogen-bond donors (Lipinski definition) is 2. The van der Waals surface area contributed by atoms with Gasteiger partial charge in [-0.05, 0) is 25.0 Å². The van der Waals surface area contributed by atoms with Crippen LogP contribution in [0.3, 0.4) is 0 Å². The van der Waals surface area contributed by atoms with Gasteiger partial charge in [-0.25, -0.2) is 0 Å². The van der Waals surface area contributed by atoms with Gasteiger partial charge in [0.2, 0.25) is 0 Å². The van der Waals surface area contributed by atoms with Gasteiger partial charge in [0.25, 0.3) is 5.91 Å². The van der Waals surface area contributed by atoms with Gasteiger partial charge in [0.05, 0.1) is 12.7 Å². The molecule has 2 N–H and O–H groups in total. The molecule has 0 saturated heterocycles. The number of halogens is 1. The van der Waals surface area contributed by atoms with Crippen LogP contribution in [-0.4, -0.2) is 29.5 Å². The number of carbonyl (C=O) groups is 1. The molecule has 0 aromatic heterocycles. The van der Waals surface area contributed by atoms with Gasteiger partial charge in [-0.2, -0.15) is 0 Å². The van der Waals surface area contributed by atoms with E-state index in [9.17, 15) is 9.90 Å². The predicted octanol–water partition coefficient (Wildman–Crippen LogP) is 2.69. The van der Waals surface area contributed by atoms with E-state index in [1.54, 1.807) is 18.2 Å². The largest absolute Gasteiger partial charge is 0.504 e. The first-order valence-electron chi connectivity index (χ1n) is 5.88. The molecule has 1 aromatic carbocycles. The van der Waals surface area contributed by atoms with E-state index in [-0.39, 0.29) is 17.2 Å². The quantitative estimate of drug-likeness (QED) is 0.793. The third-order valence-corrected chi connectivity index (χ3v) is 3.75. The summed E-state index contributed by atoms with van der Waals surface area (Å²) in [7, 11) is 1.45. The number of methoxy groups -OCH3 is 1. The number of carbonyl (C=O) groups excluding carboxylic acids is 1. The SMILES string of the molecule is CCC(Br)CCNC(=O)c1cccc(OC)c1O. The number of phenolic OH excluding ortho intramolecular Hbond substituents is 1. The molecule has 5 heteroatoms. The molecule has 0 bridgehead atoms. The van der Waals surface area contributed by atoms with Crippen LogP contribution in [0.2, 0.25) is 0 Å². The molecule has 1 unspecified atom stereocenters. The summed E-state index contributed by atoms with van der Waals surface area (Å²) in [5, 5.41) is 12.6. The van der Waals surface area contributed by atoms with E-state index in [0.717, 1.165) is 12.8 Å². The minimum atomic E-state index is -0.290. The standard InChI is InChI=1S/C13H18BrNO3/c1-3-9(14)7-8-15-13(17)10-5-4-6-11(18-2)12(10)16/h4-6,9,16H,3,7-8H2,1-2H3,(H,15,17). The van der Waals surface area contributed by atoms with Crippen LogP contribution in [-0.2, 0) is 0 Å². The molecular formula is C13H18BrNO3. The highest BCUT2D eigenvalue weighted by molar-refractivity contribution is 9.09. The van der Waals surface area contributed by atoms with Crippen LogP contribution < -0.4 is 10.1 Å². The van der Waals surface area contributed by atoms with Crippen LogP contribution in [0, 0.1) is 0 Å². The van der Waals surface area contributed by atoms with Gasteiger partial charge in [0.1, 0.15) is 0 Å². The van der Waals surface area contributed by atoms with Gasteiger partial charge < -0.3 is 15.2 Å². The van der Waals surface area contributed by atoms with Gasteiger partial charge in [-0.1, -0.05) is 28.9 Å². The molecule has 0 spiro atoms. The normalized spacial score (nSPS) is 11.9. The van der Waals surface area contributed by atoms with Crippen molar-refractivity contribution in [2.75, 3.05) is 13.7 Å². The van der Waals surface area contributed by atoms with Crippen LogP contribution in [0.1, 0.15) is 30.1 Å². The number of phenols is 1. The van der Waals surface area contributed by atoms with Crippen molar-refractivity contribution < 1.29 is 14.6 Å². The number of nitrogens with one attached hydrogen (secondary N) is 1. The first-order chi connectivity index (χ1) is 8.60. The van der Waals surface area contributed by atoms with E-state index < -0.39 is 0 Å². The maximum Gasteiger partial charge on any atom is 0.255 e. The Balaban J connectivity index is 2.62. The van der Waals surface area contributed by atoms with E-state index >= 15 is 0 Å². The van der Waals surface area contributed by atoms with Gasteiger partial charge in [-0.3, -0.25) is 4.79 Å². The summed E-state index contributed by atoms with van der Waals surface area (Å²) in [6.07, 6.45) is 1.87. The third-order valence-electron chi connectivity index (χ3n) is 2.65. The van der Waals surface area contributed by atoms with Crippen molar-refractivity contribution in [3.63, 3.8) is 0 Å². The zero-order valence-electron chi connectivity index (χ0n) is 10.6. The molecule has 0 saturated carbocycles. The third kappa shape index (κ3) is 3.91. The molecule has 1 aromatic rings. The number of para-hydroxylation sites is 1. The molecule has 18 heavy (non-hydrogen) atoms. The maximum atomic E-state index is 11.9. The number of rotatable bonds is 6. The van der Waals surface area contributed by atoms with Crippen molar-refractivity contribution in [1.82, 2.24) is 5.32 Å². The van der Waals surface area contributed by atoms with E-state index in [4.69, 9.17) is 4.74 Å². The van der Waals surface area contributed by atoms with Gasteiger partial charge in [-0.15, -0.1) is 0 Å². The summed E-state index contributed by atoms with van der Waals surface area (Å²) in [5.41, 5.74) is 0.233. The highest BCUT2D eigenvalue weighted by atomic mass is 79.9. The molecule has 1 rings (SSSR count). The monoisotopic (exact) mass is 315 g/mol. The van der Waals surface area contributed by atoms with E-state index in [1.807, 2.05) is 0 Å². The Morgan fingerprint density at radius 1 is 1.56 bits per heavy atom. The van der Waals surface area contributed by atoms with Crippen molar-refractivity contribution in [2.24, 2.45) is 0 Å². The second-order valence-electron chi connectivity index (χ2n) is 3.91. The first kappa shape index (κ1) is 14.8. The van der Waals surface area contributed by atoms with Crippen LogP contribution in [0.5, 0.6) is 11.5 Å². The number of alkyl halides is 1. The Hall–Kier alpha value is -1.23. The highest BCUT2D eigenvalue weighted by Gasteiger charge is 2.14. The second kappa shape index (κ2) is 7.26. The second-order valence-corrected chi connectivity index (χ2v) is 5.20. The smallest absolute Gasteiger partial charge is 0.255 e. The minimum Gasteiger partial charge on any atom is -0.504 e. The van der Waals surface area contributed by atoms with Crippen LogP contribution >= 0.6 is 15.9 Å². The zero-order valence-corrected chi connectivity index (χ0v) is 12.2. The lowest BCUT2D eigenvalue weighted by atomic mass is 10.1. The molecule has 0 heterocycles. The van der Waals surface area contributed by atoms with Gasteiger partial charge in [0, 0.05) is 11.4 Å². The summed E-state index contributed by atoms with van der Waals surface area (Å²) in [6, 6.07) is 4.85. The molecule has 0 radical (unpaired) electrons. The number of hydrogen-bond acceptors (Lipinski definition) is 3. The zero-order chi connectivity index (χ0) is 13.5. The molecule has 0 fully saturated rings. The van der Waals surface area contributed by atoms with Gasteiger partial charge in [0.15, 0.2) is 11.5 Å². The summed E-state index contributed by atoms with van der Waals surface area (Å²) >= 11 is 3.50. The lowest BCUT2D eigenvalue weighted by Gasteiger charge is -2.10. The Bertz CT molecular complexity index is 409. The highest BCUT2D eigenvalue weighted by Crippen LogP contribution is 2.29. The van der Waals surface area contributed by atoms with Gasteiger partial charge >= 0.3 is 0 Å². The molecule has 0 aliphatic heterocycles. The number of ether oxygens (including phenoxy) is 1. The van der Waals surface area contributed by atoms with Crippen molar-refractivity contribution >= 4 is 21.8 Å². The van der Waals surface area contributed by atoms with Crippen LogP contribution in [0.15, 0.2) is 18.2 Å². The fourth-order valence-electron chi connectivity index (χ4n) is 1.51. The topological polar surface area (TPSA) is 58.6 Å². The molecule has 1 atom stereocenters. The van der Waals surface area contributed by atoms with Crippen molar-refractivity contribution in [3.8, 4) is 11.5 Å². The van der Waals surface area contributed by atoms with Crippen molar-refractivity contribution in [2.45, 2.75) is 24.6 Å². The fourth-order valence-corrected chi connectivity index (χ4v) is 1.74. The molecule has 100 valence electrons. The maximum absolute atomic E-state index is 11.9. The van der Waals surface area contributed by atoms with E-state index in [0.29, 0.717) is 17.1 Å². The molecule has 1 amide bonds. The molecular weight excluding hydrogens is 298 g/mol. The number of amides is 1. The number of benzene rings is 1. The Kier molecular flexibility index (Phi) is 5.98. The average Bonchev–Trinajstić information content (AvgIpc) is 2.38. The summed E-state index contributed by atoms with van der Waals surface area (Å²) in [6.45, 7) is 2.65. The lowest BCUT2D eigenvalue weighted by molar-refractivity contribution is 0.0950. The minimum absolute atomic E-state index is 0.122. The first-order valence-corrected chi connectivity index (χ1v) is 6.80. The Morgan fingerprint density at radius 2 is 2.28 bits per heavy atom. The van der Waals surface area contributed by atoms with Crippen LogP contribution in [0.4, 0.5) is 0 Å². The Labute approximate surface area is 115 Å².